The number of oxime groups is 1. The summed E-state index contributed by atoms with van der Waals surface area (Å²) in [6.07, 6.45) is 0.686. The monoisotopic (exact) mass is 270 g/mol. The Bertz CT molecular complexity index is 454. The van der Waals surface area contributed by atoms with E-state index in [0.717, 1.165) is 0 Å². The average Bonchev–Trinajstić information content (AvgIpc) is 2.82. The van der Waals surface area contributed by atoms with E-state index in [0.29, 0.717) is 0 Å². The highest BCUT2D eigenvalue weighted by atomic mass is 16.6. The van der Waals surface area contributed by atoms with Crippen molar-refractivity contribution < 1.29 is 28.8 Å². The number of amides is 1. The quantitative estimate of drug-likeness (QED) is 0.552. The molecule has 1 aromatic rings. The first-order chi connectivity index (χ1) is 9.04. The summed E-state index contributed by atoms with van der Waals surface area (Å²) in [5.41, 5.74) is 1.74. The summed E-state index contributed by atoms with van der Waals surface area (Å²) >= 11 is 0. The van der Waals surface area contributed by atoms with Gasteiger partial charge in [0.05, 0.1) is 19.8 Å². The Balaban J connectivity index is 2.62. The molecule has 0 aromatic carbocycles. The van der Waals surface area contributed by atoms with Gasteiger partial charge in [0.15, 0.2) is 5.76 Å². The first-order valence-electron chi connectivity index (χ1n) is 5.37. The predicted octanol–water partition coefficient (Wildman–Crippen LogP) is 0.541. The van der Waals surface area contributed by atoms with Crippen molar-refractivity contribution in [1.29, 1.82) is 0 Å². The second-order valence-electron chi connectivity index (χ2n) is 3.57. The van der Waals surface area contributed by atoms with Crippen molar-refractivity contribution in [2.75, 3.05) is 7.11 Å². The molecule has 8 heteroatoms. The van der Waals surface area contributed by atoms with Gasteiger partial charge in [0.2, 0.25) is 11.6 Å². The SMILES string of the molecule is CONC(=O)CC(C)O/N=C(\C(=O)O)c1ccco1. The topological polar surface area (TPSA) is 110 Å². The molecule has 0 radical (unpaired) electrons. The Morgan fingerprint density at radius 2 is 2.32 bits per heavy atom. The third-order valence-electron chi connectivity index (χ3n) is 1.97. The van der Waals surface area contributed by atoms with Crippen LogP contribution in [0.25, 0.3) is 0 Å². The largest absolute Gasteiger partial charge is 0.476 e. The second kappa shape index (κ2) is 7.17. The van der Waals surface area contributed by atoms with Gasteiger partial charge >= 0.3 is 5.97 Å². The van der Waals surface area contributed by atoms with Gasteiger partial charge in [-0.2, -0.15) is 0 Å². The van der Waals surface area contributed by atoms with Gasteiger partial charge < -0.3 is 14.4 Å². The second-order valence-corrected chi connectivity index (χ2v) is 3.57. The number of carboxylic acids is 1. The van der Waals surface area contributed by atoms with Crippen LogP contribution in [0, 0.1) is 0 Å². The molecule has 0 aliphatic carbocycles. The number of rotatable bonds is 7. The first kappa shape index (κ1) is 14.7. The van der Waals surface area contributed by atoms with Gasteiger partial charge in [-0.05, 0) is 19.1 Å². The van der Waals surface area contributed by atoms with Crippen molar-refractivity contribution in [3.05, 3.63) is 24.2 Å². The lowest BCUT2D eigenvalue weighted by atomic mass is 10.3. The average molecular weight is 270 g/mol. The smallest absolute Gasteiger partial charge is 0.361 e. The highest BCUT2D eigenvalue weighted by molar-refractivity contribution is 6.41. The lowest BCUT2D eigenvalue weighted by Crippen LogP contribution is -2.26. The van der Waals surface area contributed by atoms with Gasteiger partial charge in [-0.15, -0.1) is 0 Å². The number of carbonyl (C=O) groups excluding carboxylic acids is 1. The number of hydrogen-bond donors (Lipinski definition) is 2. The number of carbonyl (C=O) groups is 2. The molecule has 1 unspecified atom stereocenters. The zero-order valence-corrected chi connectivity index (χ0v) is 10.5. The highest BCUT2D eigenvalue weighted by Crippen LogP contribution is 2.05. The molecule has 1 aromatic heterocycles. The van der Waals surface area contributed by atoms with Crippen molar-refractivity contribution in [3.63, 3.8) is 0 Å². The molecule has 1 amide bonds. The molecule has 1 heterocycles. The fourth-order valence-electron chi connectivity index (χ4n) is 1.20. The zero-order valence-electron chi connectivity index (χ0n) is 10.5. The van der Waals surface area contributed by atoms with Crippen LogP contribution in [0.1, 0.15) is 19.1 Å². The summed E-state index contributed by atoms with van der Waals surface area (Å²) < 4.78 is 4.92. The fourth-order valence-corrected chi connectivity index (χ4v) is 1.20. The minimum absolute atomic E-state index is 0.0254. The number of hydroxylamine groups is 1. The third kappa shape index (κ3) is 4.80. The Labute approximate surface area is 108 Å². The lowest BCUT2D eigenvalue weighted by Gasteiger charge is -2.09. The van der Waals surface area contributed by atoms with Crippen molar-refractivity contribution in [2.45, 2.75) is 19.4 Å². The fraction of sp³-hybridized carbons (Fsp3) is 0.364. The van der Waals surface area contributed by atoms with Crippen LogP contribution in [0.3, 0.4) is 0 Å². The van der Waals surface area contributed by atoms with Crippen molar-refractivity contribution in [1.82, 2.24) is 5.48 Å². The minimum Gasteiger partial charge on any atom is -0.476 e. The maximum absolute atomic E-state index is 11.2. The summed E-state index contributed by atoms with van der Waals surface area (Å²) in [7, 11) is 1.31. The van der Waals surface area contributed by atoms with Crippen LogP contribution < -0.4 is 5.48 Å². The van der Waals surface area contributed by atoms with Crippen LogP contribution in [0.2, 0.25) is 0 Å². The van der Waals surface area contributed by atoms with E-state index in [1.165, 1.54) is 25.5 Å². The maximum atomic E-state index is 11.2. The van der Waals surface area contributed by atoms with Crippen LogP contribution in [0.15, 0.2) is 28.0 Å². The molecule has 0 spiro atoms. The summed E-state index contributed by atoms with van der Waals surface area (Å²) in [4.78, 5) is 31.5. The van der Waals surface area contributed by atoms with E-state index in [1.54, 1.807) is 6.92 Å². The summed E-state index contributed by atoms with van der Waals surface area (Å²) in [6, 6.07) is 2.97. The molecular formula is C11H14N2O6. The lowest BCUT2D eigenvalue weighted by molar-refractivity contribution is -0.133. The van der Waals surface area contributed by atoms with Crippen LogP contribution in [-0.4, -0.2) is 35.9 Å². The summed E-state index contributed by atoms with van der Waals surface area (Å²) in [5.74, 6) is -1.62. The first-order valence-corrected chi connectivity index (χ1v) is 5.37. The number of aliphatic carboxylic acids is 1. The van der Waals surface area contributed by atoms with Gasteiger partial charge in [-0.3, -0.25) is 9.63 Å². The molecule has 19 heavy (non-hydrogen) atoms. The number of hydrogen-bond acceptors (Lipinski definition) is 6. The van der Waals surface area contributed by atoms with Crippen molar-refractivity contribution >= 4 is 17.6 Å². The molecule has 0 saturated heterocycles. The van der Waals surface area contributed by atoms with Crippen LogP contribution >= 0.6 is 0 Å². The number of carboxylic acid groups (broad SMARTS) is 1. The van der Waals surface area contributed by atoms with Gasteiger partial charge in [-0.25, -0.2) is 10.3 Å². The third-order valence-corrected chi connectivity index (χ3v) is 1.97. The highest BCUT2D eigenvalue weighted by Gasteiger charge is 2.18. The van der Waals surface area contributed by atoms with Gasteiger partial charge in [0, 0.05) is 0 Å². The Kier molecular flexibility index (Phi) is 5.55. The number of nitrogens with zero attached hydrogens (tertiary/aromatic N) is 1. The van der Waals surface area contributed by atoms with E-state index < -0.39 is 18.0 Å². The Morgan fingerprint density at radius 3 is 2.84 bits per heavy atom. The van der Waals surface area contributed by atoms with Crippen LogP contribution in [-0.2, 0) is 19.3 Å². The zero-order chi connectivity index (χ0) is 14.3. The van der Waals surface area contributed by atoms with Crippen LogP contribution in [0.5, 0.6) is 0 Å². The number of nitrogens with one attached hydrogen (secondary N) is 1. The van der Waals surface area contributed by atoms with Gasteiger partial charge in [-0.1, -0.05) is 5.16 Å². The summed E-state index contributed by atoms with van der Waals surface area (Å²) in [5, 5.41) is 12.4. The summed E-state index contributed by atoms with van der Waals surface area (Å²) in [6.45, 7) is 1.57. The van der Waals surface area contributed by atoms with E-state index in [-0.39, 0.29) is 17.9 Å². The van der Waals surface area contributed by atoms with E-state index in [4.69, 9.17) is 14.4 Å². The Hall–Kier alpha value is -2.35. The minimum atomic E-state index is -1.29. The molecule has 0 bridgehead atoms. The molecule has 8 nitrogen and oxygen atoms in total. The molecule has 1 atom stereocenters. The van der Waals surface area contributed by atoms with Gasteiger partial charge in [0.25, 0.3) is 0 Å². The Morgan fingerprint density at radius 1 is 1.58 bits per heavy atom. The maximum Gasteiger partial charge on any atom is 0.361 e. The van der Waals surface area contributed by atoms with Gasteiger partial charge in [0.1, 0.15) is 6.10 Å². The predicted molar refractivity (Wildman–Crippen MR) is 63.2 cm³/mol. The molecule has 0 aliphatic heterocycles. The molecule has 0 aliphatic rings. The standard InChI is InChI=1S/C11H14N2O6/c1-7(6-9(14)12-17-2)19-13-10(11(15)16)8-4-3-5-18-8/h3-5,7H,6H2,1-2H3,(H,12,14)(H,15,16)/b13-10-. The van der Waals surface area contributed by atoms with E-state index in [1.807, 2.05) is 0 Å². The molecular weight excluding hydrogens is 256 g/mol. The molecule has 1 rings (SSSR count). The molecule has 104 valence electrons. The van der Waals surface area contributed by atoms with E-state index in [2.05, 4.69) is 15.5 Å². The van der Waals surface area contributed by atoms with E-state index >= 15 is 0 Å². The normalized spacial score (nSPS) is 12.8. The van der Waals surface area contributed by atoms with Crippen LogP contribution in [0.4, 0.5) is 0 Å². The van der Waals surface area contributed by atoms with E-state index in [9.17, 15) is 9.59 Å². The van der Waals surface area contributed by atoms with Crippen molar-refractivity contribution in [3.8, 4) is 0 Å². The molecule has 0 fully saturated rings. The molecule has 0 saturated carbocycles. The number of furan rings is 1. The van der Waals surface area contributed by atoms with Crippen molar-refractivity contribution in [2.24, 2.45) is 5.16 Å². The molecule has 2 N–H and O–H groups in total.